The summed E-state index contributed by atoms with van der Waals surface area (Å²) in [6.07, 6.45) is 1.93. The molecule has 0 aromatic heterocycles. The van der Waals surface area contributed by atoms with Crippen molar-refractivity contribution in [2.24, 2.45) is 10.9 Å². The maximum atomic E-state index is 12.1. The van der Waals surface area contributed by atoms with E-state index in [9.17, 15) is 4.79 Å². The minimum Gasteiger partial charge on any atom is -0.329 e. The van der Waals surface area contributed by atoms with Crippen molar-refractivity contribution in [3.8, 4) is 0 Å². The number of halogens is 2. The van der Waals surface area contributed by atoms with E-state index in [4.69, 9.17) is 23.2 Å². The molecule has 1 aliphatic heterocycles. The zero-order valence-corrected chi connectivity index (χ0v) is 13.7. The van der Waals surface area contributed by atoms with Crippen LogP contribution in [0.2, 0.25) is 10.0 Å². The summed E-state index contributed by atoms with van der Waals surface area (Å²) in [5, 5.41) is 3.99. The van der Waals surface area contributed by atoms with E-state index in [1.165, 1.54) is 5.56 Å². The second kappa shape index (κ2) is 5.66. The standard InChI is InChI=1S/C18H14Cl2N2O/c19-14-8-6-11(9-15(14)20)16-13-7-5-10-3-1-2-4-12(10)17(13)22-18(23)21-16/h1-4,6,8-9,13,16H,5,7H2,(H,21,23). The number of rotatable bonds is 1. The number of carbonyl (C=O) groups is 1. The molecule has 2 aromatic carbocycles. The molecular weight excluding hydrogens is 331 g/mol. The molecule has 1 heterocycles. The Morgan fingerprint density at radius 1 is 1.09 bits per heavy atom. The van der Waals surface area contributed by atoms with Crippen molar-refractivity contribution in [1.29, 1.82) is 0 Å². The first-order valence-electron chi connectivity index (χ1n) is 7.56. The van der Waals surface area contributed by atoms with Crippen LogP contribution in [0.5, 0.6) is 0 Å². The maximum Gasteiger partial charge on any atom is 0.341 e. The Kier molecular flexibility index (Phi) is 3.63. The van der Waals surface area contributed by atoms with Gasteiger partial charge in [0.2, 0.25) is 0 Å². The highest BCUT2D eigenvalue weighted by Gasteiger charge is 2.37. The molecule has 2 unspecified atom stereocenters. The Morgan fingerprint density at radius 3 is 2.74 bits per heavy atom. The van der Waals surface area contributed by atoms with Crippen LogP contribution in [0.25, 0.3) is 0 Å². The smallest absolute Gasteiger partial charge is 0.329 e. The second-order valence-electron chi connectivity index (χ2n) is 5.90. The van der Waals surface area contributed by atoms with E-state index in [1.807, 2.05) is 30.3 Å². The third kappa shape index (κ3) is 2.54. The molecule has 2 aliphatic rings. The summed E-state index contributed by atoms with van der Waals surface area (Å²) in [6.45, 7) is 0. The Hall–Kier alpha value is -1.84. The van der Waals surface area contributed by atoms with Gasteiger partial charge in [0.05, 0.1) is 21.8 Å². The third-order valence-corrected chi connectivity index (χ3v) is 5.31. The first-order chi connectivity index (χ1) is 11.1. The predicted molar refractivity (Wildman–Crippen MR) is 92.5 cm³/mol. The molecule has 116 valence electrons. The number of urea groups is 1. The lowest BCUT2D eigenvalue weighted by molar-refractivity contribution is 0.239. The predicted octanol–water partition coefficient (Wildman–Crippen LogP) is 4.81. The van der Waals surface area contributed by atoms with Gasteiger partial charge in [0.15, 0.2) is 0 Å². The van der Waals surface area contributed by atoms with Gasteiger partial charge in [0.1, 0.15) is 0 Å². The van der Waals surface area contributed by atoms with Gasteiger partial charge < -0.3 is 5.32 Å². The Balaban J connectivity index is 1.79. The van der Waals surface area contributed by atoms with Gasteiger partial charge in [-0.3, -0.25) is 0 Å². The summed E-state index contributed by atoms with van der Waals surface area (Å²) in [7, 11) is 0. The molecule has 5 heteroatoms. The van der Waals surface area contributed by atoms with Crippen molar-refractivity contribution in [2.45, 2.75) is 18.9 Å². The number of aliphatic imine (C=N–C) groups is 1. The van der Waals surface area contributed by atoms with Crippen LogP contribution >= 0.6 is 23.2 Å². The van der Waals surface area contributed by atoms with Crippen LogP contribution in [-0.4, -0.2) is 11.7 Å². The van der Waals surface area contributed by atoms with E-state index in [0.29, 0.717) is 10.0 Å². The van der Waals surface area contributed by atoms with Gasteiger partial charge in [0.25, 0.3) is 0 Å². The molecule has 2 atom stereocenters. The number of benzene rings is 2. The van der Waals surface area contributed by atoms with Crippen LogP contribution < -0.4 is 5.32 Å². The zero-order chi connectivity index (χ0) is 16.0. The SMILES string of the molecule is O=C1N=C2c3ccccc3CCC2C(c2ccc(Cl)c(Cl)c2)N1. The summed E-state index contributed by atoms with van der Waals surface area (Å²) in [5.41, 5.74) is 4.19. The Labute approximate surface area is 144 Å². The lowest BCUT2D eigenvalue weighted by Gasteiger charge is -2.36. The molecule has 2 amide bonds. The Bertz CT molecular complexity index is 832. The second-order valence-corrected chi connectivity index (χ2v) is 6.71. The summed E-state index contributed by atoms with van der Waals surface area (Å²) in [6, 6.07) is 13.3. The van der Waals surface area contributed by atoms with Crippen molar-refractivity contribution >= 4 is 34.9 Å². The van der Waals surface area contributed by atoms with Crippen LogP contribution in [0.1, 0.15) is 29.2 Å². The fourth-order valence-electron chi connectivity index (χ4n) is 3.50. The van der Waals surface area contributed by atoms with E-state index < -0.39 is 0 Å². The van der Waals surface area contributed by atoms with Gasteiger partial charge in [-0.15, -0.1) is 0 Å². The van der Waals surface area contributed by atoms with E-state index in [1.54, 1.807) is 6.07 Å². The third-order valence-electron chi connectivity index (χ3n) is 4.58. The van der Waals surface area contributed by atoms with Crippen molar-refractivity contribution in [1.82, 2.24) is 5.32 Å². The molecule has 0 bridgehead atoms. The van der Waals surface area contributed by atoms with E-state index in [2.05, 4.69) is 16.4 Å². The molecule has 3 nitrogen and oxygen atoms in total. The van der Waals surface area contributed by atoms with Crippen molar-refractivity contribution in [2.75, 3.05) is 0 Å². The molecule has 0 saturated carbocycles. The van der Waals surface area contributed by atoms with Gasteiger partial charge in [-0.1, -0.05) is 53.5 Å². The molecule has 4 rings (SSSR count). The van der Waals surface area contributed by atoms with Gasteiger partial charge >= 0.3 is 6.03 Å². The van der Waals surface area contributed by atoms with Gasteiger partial charge in [-0.05, 0) is 41.7 Å². The van der Waals surface area contributed by atoms with Gasteiger partial charge in [-0.2, -0.15) is 4.99 Å². The normalized spacial score (nSPS) is 22.7. The summed E-state index contributed by atoms with van der Waals surface area (Å²) < 4.78 is 0. The number of nitrogens with zero attached hydrogens (tertiary/aromatic N) is 1. The maximum absolute atomic E-state index is 12.1. The molecular formula is C18H14Cl2N2O. The van der Waals surface area contributed by atoms with Crippen LogP contribution in [0.4, 0.5) is 4.79 Å². The average molecular weight is 345 g/mol. The van der Waals surface area contributed by atoms with E-state index in [-0.39, 0.29) is 18.0 Å². The average Bonchev–Trinajstić information content (AvgIpc) is 2.56. The van der Waals surface area contributed by atoms with Crippen molar-refractivity contribution in [3.05, 3.63) is 69.2 Å². The first kappa shape index (κ1) is 14.7. The van der Waals surface area contributed by atoms with Crippen LogP contribution in [0.3, 0.4) is 0 Å². The zero-order valence-electron chi connectivity index (χ0n) is 12.2. The van der Waals surface area contributed by atoms with E-state index >= 15 is 0 Å². The fraction of sp³-hybridized carbons (Fsp3) is 0.222. The number of carbonyl (C=O) groups excluding carboxylic acids is 1. The molecule has 1 N–H and O–H groups in total. The minimum atomic E-state index is -0.302. The lowest BCUT2D eigenvalue weighted by atomic mass is 9.75. The number of amides is 2. The summed E-state index contributed by atoms with van der Waals surface area (Å²) >= 11 is 12.2. The van der Waals surface area contributed by atoms with Crippen molar-refractivity contribution in [3.63, 3.8) is 0 Å². The van der Waals surface area contributed by atoms with E-state index in [0.717, 1.165) is 29.7 Å². The first-order valence-corrected chi connectivity index (χ1v) is 8.31. The van der Waals surface area contributed by atoms with Crippen molar-refractivity contribution < 1.29 is 4.79 Å². The highest BCUT2D eigenvalue weighted by Crippen LogP contribution is 2.38. The minimum absolute atomic E-state index is 0.127. The molecule has 0 radical (unpaired) electrons. The van der Waals surface area contributed by atoms with Gasteiger partial charge in [-0.25, -0.2) is 4.79 Å². The fourth-order valence-corrected chi connectivity index (χ4v) is 3.81. The van der Waals surface area contributed by atoms with Crippen LogP contribution in [-0.2, 0) is 6.42 Å². The quantitative estimate of drug-likeness (QED) is 0.792. The molecule has 0 fully saturated rings. The largest absolute Gasteiger partial charge is 0.341 e. The van der Waals surface area contributed by atoms with Crippen LogP contribution in [0, 0.1) is 5.92 Å². The summed E-state index contributed by atoms with van der Waals surface area (Å²) in [5.74, 6) is 0.153. The number of fused-ring (bicyclic) bond motifs is 3. The summed E-state index contributed by atoms with van der Waals surface area (Å²) in [4.78, 5) is 16.4. The van der Waals surface area contributed by atoms with Crippen LogP contribution in [0.15, 0.2) is 47.5 Å². The number of hydrogen-bond donors (Lipinski definition) is 1. The topological polar surface area (TPSA) is 41.5 Å². The molecule has 23 heavy (non-hydrogen) atoms. The molecule has 0 saturated heterocycles. The highest BCUT2D eigenvalue weighted by atomic mass is 35.5. The number of aryl methyl sites for hydroxylation is 1. The Morgan fingerprint density at radius 2 is 1.91 bits per heavy atom. The monoisotopic (exact) mass is 344 g/mol. The molecule has 0 spiro atoms. The number of nitrogens with one attached hydrogen (secondary N) is 1. The van der Waals surface area contributed by atoms with Gasteiger partial charge in [0, 0.05) is 5.92 Å². The molecule has 1 aliphatic carbocycles. The lowest BCUT2D eigenvalue weighted by Crippen LogP contribution is -2.43. The molecule has 2 aromatic rings. The highest BCUT2D eigenvalue weighted by molar-refractivity contribution is 6.42. The number of hydrogen-bond acceptors (Lipinski definition) is 1.